The molecule has 0 N–H and O–H groups in total. The number of hydrogen-bond donors (Lipinski definition) is 0. The van der Waals surface area contributed by atoms with Crippen LogP contribution in [-0.4, -0.2) is 23.8 Å². The number of Topliss-reactive ketones (excluding diaryl/α,β-unsaturated/α-hetero) is 1. The molecule has 0 spiro atoms. The maximum absolute atomic E-state index is 12.1. The summed E-state index contributed by atoms with van der Waals surface area (Å²) in [5, 5.41) is 0.348. The highest BCUT2D eigenvalue weighted by molar-refractivity contribution is 6.52. The van der Waals surface area contributed by atoms with Crippen LogP contribution in [0.25, 0.3) is 0 Å². The fourth-order valence-electron chi connectivity index (χ4n) is 2.26. The molecular weight excluding hydrogens is 292 g/mol. The number of amides is 1. The maximum Gasteiger partial charge on any atom is 0.299 e. The Hall–Kier alpha value is -2.40. The Balaban J connectivity index is 1.98. The molecule has 1 amide bonds. The van der Waals surface area contributed by atoms with Crippen LogP contribution in [0.2, 0.25) is 5.15 Å². The van der Waals surface area contributed by atoms with Crippen molar-refractivity contribution in [1.29, 1.82) is 0 Å². The van der Waals surface area contributed by atoms with Crippen LogP contribution in [0, 0.1) is 0 Å². The van der Waals surface area contributed by atoms with Gasteiger partial charge in [-0.2, -0.15) is 0 Å². The van der Waals surface area contributed by atoms with Gasteiger partial charge in [-0.3, -0.25) is 14.5 Å². The fraction of sp³-hybridized carbons (Fsp3) is 0.133. The highest BCUT2D eigenvalue weighted by Gasteiger charge is 2.36. The van der Waals surface area contributed by atoms with E-state index in [1.165, 1.54) is 12.0 Å². The number of rotatable bonds is 3. The van der Waals surface area contributed by atoms with Crippen molar-refractivity contribution in [2.75, 3.05) is 12.0 Å². The van der Waals surface area contributed by atoms with E-state index < -0.39 is 11.7 Å². The smallest absolute Gasteiger partial charge is 0.299 e. The highest BCUT2D eigenvalue weighted by atomic mass is 35.5. The van der Waals surface area contributed by atoms with Crippen molar-refractivity contribution in [3.8, 4) is 5.75 Å². The molecule has 21 heavy (non-hydrogen) atoms. The molecule has 0 fully saturated rings. The number of fused-ring (bicyclic) bond motifs is 1. The third-order valence-electron chi connectivity index (χ3n) is 3.27. The summed E-state index contributed by atoms with van der Waals surface area (Å²) in [6.45, 7) is 0.199. The fourth-order valence-corrected chi connectivity index (χ4v) is 2.45. The lowest BCUT2D eigenvalue weighted by molar-refractivity contribution is -0.114. The number of hydrogen-bond acceptors (Lipinski definition) is 4. The van der Waals surface area contributed by atoms with Gasteiger partial charge in [0.1, 0.15) is 10.9 Å². The summed E-state index contributed by atoms with van der Waals surface area (Å²) >= 11 is 5.84. The lowest BCUT2D eigenvalue weighted by Crippen LogP contribution is -2.29. The molecule has 5 nitrogen and oxygen atoms in total. The molecule has 0 saturated heterocycles. The lowest BCUT2D eigenvalue weighted by atomic mass is 10.1. The number of halogens is 1. The number of anilines is 1. The van der Waals surface area contributed by atoms with Crippen LogP contribution in [0.5, 0.6) is 5.75 Å². The number of carbonyl (C=O) groups is 2. The summed E-state index contributed by atoms with van der Waals surface area (Å²) in [6, 6.07) is 10.1. The summed E-state index contributed by atoms with van der Waals surface area (Å²) in [7, 11) is 1.51. The van der Waals surface area contributed by atoms with E-state index in [1.807, 2.05) is 0 Å². The first kappa shape index (κ1) is 13.6. The molecule has 0 atom stereocenters. The van der Waals surface area contributed by atoms with Crippen LogP contribution < -0.4 is 9.64 Å². The number of benzene rings is 1. The first-order chi connectivity index (χ1) is 10.1. The Morgan fingerprint density at radius 3 is 2.76 bits per heavy atom. The Bertz CT molecular complexity index is 745. The molecule has 1 aromatic heterocycles. The van der Waals surface area contributed by atoms with Crippen molar-refractivity contribution in [2.24, 2.45) is 0 Å². The van der Waals surface area contributed by atoms with Gasteiger partial charge in [-0.1, -0.05) is 17.7 Å². The van der Waals surface area contributed by atoms with E-state index in [4.69, 9.17) is 16.3 Å². The summed E-state index contributed by atoms with van der Waals surface area (Å²) in [5.41, 5.74) is 1.53. The molecule has 1 aromatic carbocycles. The van der Waals surface area contributed by atoms with Crippen LogP contribution >= 0.6 is 11.6 Å². The zero-order chi connectivity index (χ0) is 15.0. The number of ether oxygens (including phenoxy) is 1. The molecule has 3 rings (SSSR count). The minimum Gasteiger partial charge on any atom is -0.497 e. The predicted molar refractivity (Wildman–Crippen MR) is 77.8 cm³/mol. The zero-order valence-electron chi connectivity index (χ0n) is 11.2. The van der Waals surface area contributed by atoms with Crippen molar-refractivity contribution in [1.82, 2.24) is 4.98 Å². The van der Waals surface area contributed by atoms with Gasteiger partial charge in [0.25, 0.3) is 11.7 Å². The van der Waals surface area contributed by atoms with Gasteiger partial charge in [0, 0.05) is 0 Å². The van der Waals surface area contributed by atoms with Gasteiger partial charge in [0.2, 0.25) is 0 Å². The SMILES string of the molecule is COc1ccc2c(c1)C(=O)C(=O)N2Cc1cccc(Cl)n1. The molecule has 1 aliphatic rings. The predicted octanol–water partition coefficient (Wildman–Crippen LogP) is 2.47. The van der Waals surface area contributed by atoms with E-state index in [-0.39, 0.29) is 6.54 Å². The molecule has 0 unspecified atom stereocenters. The third-order valence-corrected chi connectivity index (χ3v) is 3.48. The molecule has 6 heteroatoms. The van der Waals surface area contributed by atoms with Crippen molar-refractivity contribution >= 4 is 29.0 Å². The molecule has 106 valence electrons. The number of carbonyl (C=O) groups excluding carboxylic acids is 2. The average Bonchev–Trinajstić information content (AvgIpc) is 2.72. The van der Waals surface area contributed by atoms with Gasteiger partial charge >= 0.3 is 0 Å². The van der Waals surface area contributed by atoms with Crippen LogP contribution in [0.4, 0.5) is 5.69 Å². The Morgan fingerprint density at radius 2 is 2.05 bits per heavy atom. The quantitative estimate of drug-likeness (QED) is 0.645. The number of methoxy groups -OCH3 is 1. The Morgan fingerprint density at radius 1 is 1.24 bits per heavy atom. The van der Waals surface area contributed by atoms with E-state index >= 15 is 0 Å². The number of aromatic nitrogens is 1. The van der Waals surface area contributed by atoms with Crippen LogP contribution in [0.1, 0.15) is 16.1 Å². The zero-order valence-corrected chi connectivity index (χ0v) is 11.9. The molecule has 1 aliphatic heterocycles. The van der Waals surface area contributed by atoms with Gasteiger partial charge in [-0.15, -0.1) is 0 Å². The van der Waals surface area contributed by atoms with Gasteiger partial charge in [-0.05, 0) is 30.3 Å². The van der Waals surface area contributed by atoms with E-state index in [9.17, 15) is 9.59 Å². The summed E-state index contributed by atoms with van der Waals surface area (Å²) in [5.74, 6) is -0.566. The largest absolute Gasteiger partial charge is 0.497 e. The number of nitrogens with zero attached hydrogens (tertiary/aromatic N) is 2. The minimum absolute atomic E-state index is 0.199. The highest BCUT2D eigenvalue weighted by Crippen LogP contribution is 2.32. The van der Waals surface area contributed by atoms with Crippen molar-refractivity contribution < 1.29 is 14.3 Å². The van der Waals surface area contributed by atoms with Crippen LogP contribution in [0.15, 0.2) is 36.4 Å². The lowest BCUT2D eigenvalue weighted by Gasteiger charge is -2.16. The van der Waals surface area contributed by atoms with Gasteiger partial charge in [0.05, 0.1) is 30.6 Å². The molecule has 0 aliphatic carbocycles. The normalized spacial score (nSPS) is 13.5. The minimum atomic E-state index is -0.569. The molecule has 2 heterocycles. The average molecular weight is 303 g/mol. The van der Waals surface area contributed by atoms with Crippen LogP contribution in [0.3, 0.4) is 0 Å². The monoisotopic (exact) mass is 302 g/mol. The molecule has 0 radical (unpaired) electrons. The van der Waals surface area contributed by atoms with E-state index in [1.54, 1.807) is 36.4 Å². The summed E-state index contributed by atoms with van der Waals surface area (Å²) < 4.78 is 5.08. The second-order valence-corrected chi connectivity index (χ2v) is 4.94. The van der Waals surface area contributed by atoms with Crippen molar-refractivity contribution in [2.45, 2.75) is 6.54 Å². The summed E-state index contributed by atoms with van der Waals surface area (Å²) in [4.78, 5) is 29.7. The molecule has 2 aromatic rings. The standard InChI is InChI=1S/C15H11ClN2O3/c1-21-10-5-6-12-11(7-10)14(19)15(20)18(12)8-9-3-2-4-13(16)17-9/h2-7H,8H2,1H3. The Labute approximate surface area is 126 Å². The number of pyridine rings is 1. The Kier molecular flexibility index (Phi) is 3.35. The molecule has 0 saturated carbocycles. The first-order valence-corrected chi connectivity index (χ1v) is 6.63. The topological polar surface area (TPSA) is 59.5 Å². The van der Waals surface area contributed by atoms with Gasteiger partial charge < -0.3 is 4.74 Å². The van der Waals surface area contributed by atoms with Crippen LogP contribution in [-0.2, 0) is 11.3 Å². The van der Waals surface area contributed by atoms with Crippen molar-refractivity contribution in [3.05, 3.63) is 52.8 Å². The molecule has 0 bridgehead atoms. The van der Waals surface area contributed by atoms with E-state index in [0.29, 0.717) is 27.8 Å². The molecular formula is C15H11ClN2O3. The maximum atomic E-state index is 12.1. The number of ketones is 1. The van der Waals surface area contributed by atoms with E-state index in [0.717, 1.165) is 0 Å². The van der Waals surface area contributed by atoms with Crippen molar-refractivity contribution in [3.63, 3.8) is 0 Å². The van der Waals surface area contributed by atoms with Gasteiger partial charge in [0.15, 0.2) is 0 Å². The van der Waals surface area contributed by atoms with Gasteiger partial charge in [-0.25, -0.2) is 4.98 Å². The first-order valence-electron chi connectivity index (χ1n) is 6.26. The summed E-state index contributed by atoms with van der Waals surface area (Å²) in [6.07, 6.45) is 0. The second kappa shape index (κ2) is 5.18. The third kappa shape index (κ3) is 2.36. The van der Waals surface area contributed by atoms with E-state index in [2.05, 4.69) is 4.98 Å². The second-order valence-electron chi connectivity index (χ2n) is 4.56.